The Labute approximate surface area is 176 Å². The molecule has 2 atom stereocenters. The molecule has 7 heteroatoms. The van der Waals surface area contributed by atoms with Gasteiger partial charge in [-0.05, 0) is 38.5 Å². The highest BCUT2D eigenvalue weighted by molar-refractivity contribution is 5.88. The van der Waals surface area contributed by atoms with Crippen LogP contribution in [0, 0.1) is 12.3 Å². The third-order valence-electron chi connectivity index (χ3n) is 5.65. The minimum Gasteiger partial charge on any atom is -0.378 e. The Balaban J connectivity index is 0.00000338. The first-order chi connectivity index (χ1) is 11.8. The lowest BCUT2D eigenvalue weighted by Crippen LogP contribution is -2.75. The summed E-state index contributed by atoms with van der Waals surface area (Å²) in [6.07, 6.45) is 0.627. The lowest BCUT2D eigenvalue weighted by Gasteiger charge is -2.57. The molecule has 0 spiro atoms. The molecule has 2 unspecified atom stereocenters. The van der Waals surface area contributed by atoms with Crippen LogP contribution < -0.4 is 16.0 Å². The predicted molar refractivity (Wildman–Crippen MR) is 117 cm³/mol. The van der Waals surface area contributed by atoms with Gasteiger partial charge in [-0.15, -0.1) is 24.8 Å². The molecule has 1 amide bonds. The van der Waals surface area contributed by atoms with Gasteiger partial charge in [-0.25, -0.2) is 0 Å². The van der Waals surface area contributed by atoms with Gasteiger partial charge in [0.1, 0.15) is 5.54 Å². The van der Waals surface area contributed by atoms with Crippen molar-refractivity contribution >= 4 is 36.4 Å². The van der Waals surface area contributed by atoms with Crippen molar-refractivity contribution < 1.29 is 9.53 Å². The number of rotatable bonds is 8. The molecule has 156 valence electrons. The van der Waals surface area contributed by atoms with Crippen LogP contribution in [-0.4, -0.2) is 43.8 Å². The fourth-order valence-corrected chi connectivity index (χ4v) is 3.58. The summed E-state index contributed by atoms with van der Waals surface area (Å²) in [5.41, 5.74) is 7.63. The van der Waals surface area contributed by atoms with Crippen LogP contribution in [0.1, 0.15) is 39.7 Å². The van der Waals surface area contributed by atoms with Crippen molar-refractivity contribution in [3.63, 3.8) is 0 Å². The minimum absolute atomic E-state index is 0. The fraction of sp³-hybridized carbons (Fsp3) is 0.650. The summed E-state index contributed by atoms with van der Waals surface area (Å²) < 4.78 is 5.70. The number of likely N-dealkylation sites (N-methyl/N-ethyl adjacent to an activating group) is 1. The summed E-state index contributed by atoms with van der Waals surface area (Å²) in [4.78, 5) is 14.9. The molecule has 1 aromatic rings. The number of halogens is 2. The van der Waals surface area contributed by atoms with E-state index in [1.807, 2.05) is 20.8 Å². The van der Waals surface area contributed by atoms with Gasteiger partial charge in [0, 0.05) is 43.8 Å². The van der Waals surface area contributed by atoms with Gasteiger partial charge in [0.05, 0.1) is 6.10 Å². The highest BCUT2D eigenvalue weighted by Crippen LogP contribution is 2.49. The summed E-state index contributed by atoms with van der Waals surface area (Å²) >= 11 is 0. The maximum absolute atomic E-state index is 12.7. The van der Waals surface area contributed by atoms with Crippen molar-refractivity contribution in [2.75, 3.05) is 31.1 Å². The fourth-order valence-electron chi connectivity index (χ4n) is 3.58. The summed E-state index contributed by atoms with van der Waals surface area (Å²) in [6.45, 7) is 13.1. The molecule has 5 nitrogen and oxygen atoms in total. The molecule has 1 aliphatic rings. The van der Waals surface area contributed by atoms with E-state index in [-0.39, 0.29) is 42.2 Å². The molecule has 0 heterocycles. The smallest absolute Gasteiger partial charge is 0.240 e. The van der Waals surface area contributed by atoms with Crippen molar-refractivity contribution in [3.05, 3.63) is 29.8 Å². The highest BCUT2D eigenvalue weighted by atomic mass is 35.5. The number of hydrogen-bond acceptors (Lipinski definition) is 4. The Morgan fingerprint density at radius 2 is 2.00 bits per heavy atom. The predicted octanol–water partition coefficient (Wildman–Crippen LogP) is 3.31. The van der Waals surface area contributed by atoms with Gasteiger partial charge >= 0.3 is 0 Å². The van der Waals surface area contributed by atoms with E-state index in [2.05, 4.69) is 48.3 Å². The number of carbonyl (C=O) groups excluding carboxylic acids is 1. The molecule has 1 aromatic carbocycles. The number of aryl methyl sites for hydroxylation is 1. The Bertz CT molecular complexity index is 613. The van der Waals surface area contributed by atoms with E-state index in [4.69, 9.17) is 10.5 Å². The van der Waals surface area contributed by atoms with Gasteiger partial charge in [0.2, 0.25) is 5.91 Å². The van der Waals surface area contributed by atoms with Gasteiger partial charge in [0.25, 0.3) is 0 Å². The molecule has 3 N–H and O–H groups in total. The van der Waals surface area contributed by atoms with E-state index in [9.17, 15) is 4.79 Å². The second-order valence-electron chi connectivity index (χ2n) is 7.52. The number of amides is 1. The molecule has 2 rings (SSSR count). The van der Waals surface area contributed by atoms with Crippen molar-refractivity contribution in [3.8, 4) is 0 Å². The molecule has 0 aliphatic heterocycles. The molecule has 0 bridgehead atoms. The van der Waals surface area contributed by atoms with Gasteiger partial charge in [-0.1, -0.05) is 26.0 Å². The first-order valence-corrected chi connectivity index (χ1v) is 9.26. The van der Waals surface area contributed by atoms with E-state index in [1.165, 1.54) is 11.3 Å². The summed E-state index contributed by atoms with van der Waals surface area (Å²) in [6, 6.07) is 8.41. The Kier molecular flexibility index (Phi) is 10.1. The number of nitrogens with zero attached hydrogens (tertiary/aromatic N) is 1. The van der Waals surface area contributed by atoms with Crippen molar-refractivity contribution in [1.29, 1.82) is 0 Å². The summed E-state index contributed by atoms with van der Waals surface area (Å²) in [7, 11) is 0. The molecule has 1 saturated carbocycles. The first-order valence-electron chi connectivity index (χ1n) is 9.26. The molecule has 1 fully saturated rings. The van der Waals surface area contributed by atoms with Crippen LogP contribution in [0.4, 0.5) is 5.69 Å². The Morgan fingerprint density at radius 1 is 1.33 bits per heavy atom. The summed E-state index contributed by atoms with van der Waals surface area (Å²) in [5.74, 6) is -0.0752. The minimum atomic E-state index is -0.854. The monoisotopic (exact) mass is 419 g/mol. The number of anilines is 1. The SMILES string of the molecule is CCOC1CC(N)(C(=O)NCCN(CC)c2cccc(C)c2)C1(C)C.Cl.Cl. The lowest BCUT2D eigenvalue weighted by molar-refractivity contribution is -0.170. The average Bonchev–Trinajstić information content (AvgIpc) is 2.58. The zero-order valence-electron chi connectivity index (χ0n) is 17.1. The third-order valence-corrected chi connectivity index (χ3v) is 5.65. The van der Waals surface area contributed by atoms with E-state index in [1.54, 1.807) is 0 Å². The number of hydrogen-bond donors (Lipinski definition) is 2. The quantitative estimate of drug-likeness (QED) is 0.677. The van der Waals surface area contributed by atoms with Gasteiger partial charge < -0.3 is 20.7 Å². The molecule has 0 radical (unpaired) electrons. The molecular weight excluding hydrogens is 385 g/mol. The van der Waals surface area contributed by atoms with Gasteiger partial charge in [-0.3, -0.25) is 4.79 Å². The molecule has 27 heavy (non-hydrogen) atoms. The topological polar surface area (TPSA) is 67.6 Å². The molecule has 0 saturated heterocycles. The second kappa shape index (κ2) is 10.5. The van der Waals surface area contributed by atoms with Crippen LogP contribution in [0.25, 0.3) is 0 Å². The van der Waals surface area contributed by atoms with Crippen LogP contribution >= 0.6 is 24.8 Å². The van der Waals surface area contributed by atoms with Crippen molar-refractivity contribution in [2.24, 2.45) is 11.1 Å². The zero-order valence-corrected chi connectivity index (χ0v) is 18.7. The Hall–Kier alpha value is -1.01. The average molecular weight is 420 g/mol. The standard InChI is InChI=1S/C20H33N3O2.2ClH/c1-6-23(16-10-8-9-15(3)13-16)12-11-22-18(24)20(21)14-17(25-7-2)19(20,4)5;;/h8-10,13,17H,6-7,11-12,14,21H2,1-5H3,(H,22,24);2*1H. The highest BCUT2D eigenvalue weighted by Gasteiger charge is 2.62. The number of nitrogens with two attached hydrogens (primary N) is 1. The van der Waals surface area contributed by atoms with Crippen LogP contribution in [-0.2, 0) is 9.53 Å². The Morgan fingerprint density at radius 3 is 2.52 bits per heavy atom. The largest absolute Gasteiger partial charge is 0.378 e. The second-order valence-corrected chi connectivity index (χ2v) is 7.52. The normalized spacial score (nSPS) is 22.7. The molecular formula is C20H35Cl2N3O2. The first kappa shape index (κ1) is 26.0. The number of benzene rings is 1. The zero-order chi connectivity index (χ0) is 18.7. The van der Waals surface area contributed by atoms with E-state index in [0.717, 1.165) is 13.1 Å². The molecule has 1 aliphatic carbocycles. The maximum atomic E-state index is 12.7. The van der Waals surface area contributed by atoms with E-state index < -0.39 is 5.54 Å². The van der Waals surface area contributed by atoms with E-state index >= 15 is 0 Å². The van der Waals surface area contributed by atoms with Crippen LogP contribution in [0.3, 0.4) is 0 Å². The third kappa shape index (κ3) is 5.29. The summed E-state index contributed by atoms with van der Waals surface area (Å²) in [5, 5.41) is 3.03. The van der Waals surface area contributed by atoms with Crippen LogP contribution in [0.5, 0.6) is 0 Å². The molecule has 0 aromatic heterocycles. The van der Waals surface area contributed by atoms with Crippen molar-refractivity contribution in [2.45, 2.75) is 52.7 Å². The van der Waals surface area contributed by atoms with Crippen LogP contribution in [0.15, 0.2) is 24.3 Å². The number of ether oxygens (including phenoxy) is 1. The van der Waals surface area contributed by atoms with Crippen LogP contribution in [0.2, 0.25) is 0 Å². The number of carbonyl (C=O) groups is 1. The number of nitrogens with one attached hydrogen (secondary N) is 1. The van der Waals surface area contributed by atoms with Crippen molar-refractivity contribution in [1.82, 2.24) is 5.32 Å². The maximum Gasteiger partial charge on any atom is 0.240 e. The van der Waals surface area contributed by atoms with Gasteiger partial charge in [0.15, 0.2) is 0 Å². The van der Waals surface area contributed by atoms with Gasteiger partial charge in [-0.2, -0.15) is 0 Å². The van der Waals surface area contributed by atoms with E-state index in [0.29, 0.717) is 19.6 Å². The lowest BCUT2D eigenvalue weighted by atomic mass is 9.54.